The van der Waals surface area contributed by atoms with E-state index in [1.165, 1.54) is 6.42 Å². The Morgan fingerprint density at radius 2 is 2.11 bits per heavy atom. The van der Waals surface area contributed by atoms with E-state index in [4.69, 9.17) is 11.6 Å². The van der Waals surface area contributed by atoms with Gasteiger partial charge in [0.2, 0.25) is 5.91 Å². The zero-order valence-electron chi connectivity index (χ0n) is 10.2. The predicted molar refractivity (Wildman–Crippen MR) is 73.8 cm³/mol. The molecule has 96 valence electrons. The number of halogens is 1. The van der Waals surface area contributed by atoms with E-state index >= 15 is 0 Å². The van der Waals surface area contributed by atoms with Gasteiger partial charge >= 0.3 is 0 Å². The molecule has 1 aromatic rings. The first-order valence-corrected chi connectivity index (χ1v) is 6.72. The van der Waals surface area contributed by atoms with Crippen molar-refractivity contribution in [1.29, 1.82) is 0 Å². The number of hydrogen-bond acceptors (Lipinski definition) is 2. The second-order valence-corrected chi connectivity index (χ2v) is 5.06. The van der Waals surface area contributed by atoms with Crippen molar-refractivity contribution in [3.8, 4) is 0 Å². The fourth-order valence-corrected chi connectivity index (χ4v) is 2.41. The third-order valence-corrected chi connectivity index (χ3v) is 3.45. The SMILES string of the molecule is O=C(N/N=C/c1cccc(Cl)c1)C1CCCCC1. The Morgan fingerprint density at radius 3 is 2.83 bits per heavy atom. The minimum absolute atomic E-state index is 0.0352. The fourth-order valence-electron chi connectivity index (χ4n) is 2.21. The number of carbonyl (C=O) groups is 1. The van der Waals surface area contributed by atoms with Crippen molar-refractivity contribution >= 4 is 23.7 Å². The molecule has 18 heavy (non-hydrogen) atoms. The highest BCUT2D eigenvalue weighted by Crippen LogP contribution is 2.23. The second kappa shape index (κ2) is 6.55. The van der Waals surface area contributed by atoms with Gasteiger partial charge in [-0.2, -0.15) is 5.10 Å². The van der Waals surface area contributed by atoms with Gasteiger partial charge in [-0.1, -0.05) is 43.0 Å². The van der Waals surface area contributed by atoms with E-state index < -0.39 is 0 Å². The molecule has 1 aromatic carbocycles. The summed E-state index contributed by atoms with van der Waals surface area (Å²) in [6.45, 7) is 0. The zero-order valence-corrected chi connectivity index (χ0v) is 11.0. The summed E-state index contributed by atoms with van der Waals surface area (Å²) in [7, 11) is 0. The molecule has 4 heteroatoms. The molecule has 3 nitrogen and oxygen atoms in total. The maximum atomic E-state index is 11.8. The molecule has 1 aliphatic rings. The van der Waals surface area contributed by atoms with E-state index in [0.717, 1.165) is 31.2 Å². The molecular formula is C14H17ClN2O. The molecule has 0 radical (unpaired) electrons. The zero-order chi connectivity index (χ0) is 12.8. The van der Waals surface area contributed by atoms with Crippen LogP contribution in [0.15, 0.2) is 29.4 Å². The van der Waals surface area contributed by atoms with E-state index in [-0.39, 0.29) is 11.8 Å². The average Bonchev–Trinajstić information content (AvgIpc) is 2.40. The van der Waals surface area contributed by atoms with Crippen LogP contribution in [0.3, 0.4) is 0 Å². The number of amides is 1. The first-order valence-electron chi connectivity index (χ1n) is 6.34. The summed E-state index contributed by atoms with van der Waals surface area (Å²) in [5.74, 6) is 0.170. The molecule has 1 N–H and O–H groups in total. The van der Waals surface area contributed by atoms with Crippen LogP contribution in [-0.4, -0.2) is 12.1 Å². The summed E-state index contributed by atoms with van der Waals surface area (Å²) in [5, 5.41) is 4.64. The lowest BCUT2D eigenvalue weighted by molar-refractivity contribution is -0.125. The van der Waals surface area contributed by atoms with Gasteiger partial charge in [0.25, 0.3) is 0 Å². The van der Waals surface area contributed by atoms with Crippen LogP contribution in [-0.2, 0) is 4.79 Å². The Bertz CT molecular complexity index is 439. The number of hydrogen-bond donors (Lipinski definition) is 1. The molecule has 2 rings (SSSR count). The Labute approximate surface area is 112 Å². The monoisotopic (exact) mass is 264 g/mol. The van der Waals surface area contributed by atoms with Crippen LogP contribution in [0.2, 0.25) is 5.02 Å². The highest BCUT2D eigenvalue weighted by Gasteiger charge is 2.20. The Balaban J connectivity index is 1.85. The third kappa shape index (κ3) is 3.84. The molecule has 0 unspecified atom stereocenters. The number of hydrazone groups is 1. The lowest BCUT2D eigenvalue weighted by Gasteiger charge is -2.19. The lowest BCUT2D eigenvalue weighted by atomic mass is 9.89. The number of benzene rings is 1. The van der Waals surface area contributed by atoms with Crippen molar-refractivity contribution in [3.63, 3.8) is 0 Å². The summed E-state index contributed by atoms with van der Waals surface area (Å²) < 4.78 is 0. The molecule has 1 saturated carbocycles. The second-order valence-electron chi connectivity index (χ2n) is 4.62. The molecular weight excluding hydrogens is 248 g/mol. The predicted octanol–water partition coefficient (Wildman–Crippen LogP) is 3.37. The number of rotatable bonds is 3. The minimum atomic E-state index is 0.0352. The summed E-state index contributed by atoms with van der Waals surface area (Å²) in [4.78, 5) is 11.8. The number of nitrogens with zero attached hydrogens (tertiary/aromatic N) is 1. The normalized spacial score (nSPS) is 16.9. The van der Waals surface area contributed by atoms with Crippen LogP contribution in [0.4, 0.5) is 0 Å². The maximum absolute atomic E-state index is 11.8. The van der Waals surface area contributed by atoms with E-state index in [9.17, 15) is 4.79 Å². The van der Waals surface area contributed by atoms with Crippen molar-refractivity contribution in [2.24, 2.45) is 11.0 Å². The van der Waals surface area contributed by atoms with Gasteiger partial charge < -0.3 is 0 Å². The quantitative estimate of drug-likeness (QED) is 0.660. The van der Waals surface area contributed by atoms with Crippen molar-refractivity contribution < 1.29 is 4.79 Å². The van der Waals surface area contributed by atoms with Gasteiger partial charge in [-0.25, -0.2) is 5.43 Å². The smallest absolute Gasteiger partial charge is 0.243 e. The fraction of sp³-hybridized carbons (Fsp3) is 0.429. The average molecular weight is 265 g/mol. The number of carbonyl (C=O) groups excluding carboxylic acids is 1. The molecule has 1 amide bonds. The van der Waals surface area contributed by atoms with Gasteiger partial charge in [0.05, 0.1) is 6.21 Å². The third-order valence-electron chi connectivity index (χ3n) is 3.21. The molecule has 0 saturated heterocycles. The van der Waals surface area contributed by atoms with E-state index in [2.05, 4.69) is 10.5 Å². The van der Waals surface area contributed by atoms with Crippen LogP contribution >= 0.6 is 11.6 Å². The summed E-state index contributed by atoms with van der Waals surface area (Å²) in [6, 6.07) is 7.35. The summed E-state index contributed by atoms with van der Waals surface area (Å²) >= 11 is 5.86. The topological polar surface area (TPSA) is 41.5 Å². The molecule has 0 bridgehead atoms. The highest BCUT2D eigenvalue weighted by atomic mass is 35.5. The summed E-state index contributed by atoms with van der Waals surface area (Å²) in [6.07, 6.45) is 7.13. The lowest BCUT2D eigenvalue weighted by Crippen LogP contribution is -2.28. The van der Waals surface area contributed by atoms with E-state index in [1.807, 2.05) is 12.1 Å². The first kappa shape index (κ1) is 13.1. The molecule has 0 spiro atoms. The van der Waals surface area contributed by atoms with Crippen LogP contribution in [0.25, 0.3) is 0 Å². The van der Waals surface area contributed by atoms with Gasteiger partial charge in [0.15, 0.2) is 0 Å². The maximum Gasteiger partial charge on any atom is 0.243 e. The molecule has 0 heterocycles. The van der Waals surface area contributed by atoms with Gasteiger partial charge in [-0.05, 0) is 30.5 Å². The van der Waals surface area contributed by atoms with Crippen LogP contribution < -0.4 is 5.43 Å². The van der Waals surface area contributed by atoms with Crippen molar-refractivity contribution in [2.45, 2.75) is 32.1 Å². The van der Waals surface area contributed by atoms with Crippen LogP contribution in [0, 0.1) is 5.92 Å². The van der Waals surface area contributed by atoms with Crippen molar-refractivity contribution in [1.82, 2.24) is 5.43 Å². The first-order chi connectivity index (χ1) is 8.75. The van der Waals surface area contributed by atoms with Crippen molar-refractivity contribution in [2.75, 3.05) is 0 Å². The standard InChI is InChI=1S/C14H17ClN2O/c15-13-8-4-5-11(9-13)10-16-17-14(18)12-6-2-1-3-7-12/h4-5,8-10,12H,1-3,6-7H2,(H,17,18)/b16-10+. The van der Waals surface area contributed by atoms with E-state index in [0.29, 0.717) is 5.02 Å². The Kier molecular flexibility index (Phi) is 4.76. The van der Waals surface area contributed by atoms with Crippen LogP contribution in [0.5, 0.6) is 0 Å². The van der Waals surface area contributed by atoms with Gasteiger partial charge in [-0.15, -0.1) is 0 Å². The number of nitrogens with one attached hydrogen (secondary N) is 1. The van der Waals surface area contributed by atoms with Gasteiger partial charge in [0, 0.05) is 10.9 Å². The molecule has 0 aromatic heterocycles. The molecule has 0 aliphatic heterocycles. The van der Waals surface area contributed by atoms with Crippen LogP contribution in [0.1, 0.15) is 37.7 Å². The Morgan fingerprint density at radius 1 is 1.33 bits per heavy atom. The summed E-state index contributed by atoms with van der Waals surface area (Å²) in [5.41, 5.74) is 3.49. The van der Waals surface area contributed by atoms with Gasteiger partial charge in [0.1, 0.15) is 0 Å². The van der Waals surface area contributed by atoms with Crippen molar-refractivity contribution in [3.05, 3.63) is 34.9 Å². The Hall–Kier alpha value is -1.35. The molecule has 1 aliphatic carbocycles. The minimum Gasteiger partial charge on any atom is -0.273 e. The molecule has 0 atom stereocenters. The highest BCUT2D eigenvalue weighted by molar-refractivity contribution is 6.30. The van der Waals surface area contributed by atoms with Gasteiger partial charge in [-0.3, -0.25) is 4.79 Å². The van der Waals surface area contributed by atoms with E-state index in [1.54, 1.807) is 18.3 Å². The molecule has 1 fully saturated rings. The largest absolute Gasteiger partial charge is 0.273 e.